The van der Waals surface area contributed by atoms with Gasteiger partial charge in [-0.2, -0.15) is 13.2 Å². The number of anilines is 1. The number of aromatic nitrogens is 1. The van der Waals surface area contributed by atoms with Crippen LogP contribution in [0.4, 0.5) is 19.0 Å². The number of carboxylic acid groups (broad SMARTS) is 1. The van der Waals surface area contributed by atoms with Crippen LogP contribution in [-0.2, 0) is 6.18 Å². The molecule has 2 N–H and O–H groups in total. The molecule has 1 saturated carbocycles. The van der Waals surface area contributed by atoms with Gasteiger partial charge in [-0.1, -0.05) is 0 Å². The summed E-state index contributed by atoms with van der Waals surface area (Å²) in [7, 11) is 0. The van der Waals surface area contributed by atoms with Gasteiger partial charge in [0.1, 0.15) is 5.82 Å². The molecular formula is C10H9F3N2O2. The van der Waals surface area contributed by atoms with Crippen LogP contribution in [0.1, 0.15) is 28.9 Å². The highest BCUT2D eigenvalue weighted by molar-refractivity contribution is 5.89. The molecule has 1 aromatic heterocycles. The number of hydrogen-bond donors (Lipinski definition) is 2. The fourth-order valence-corrected chi connectivity index (χ4v) is 1.37. The Morgan fingerprint density at radius 1 is 1.41 bits per heavy atom. The minimum absolute atomic E-state index is 0.0600. The maximum atomic E-state index is 12.6. The van der Waals surface area contributed by atoms with E-state index < -0.39 is 23.4 Å². The van der Waals surface area contributed by atoms with Crippen molar-refractivity contribution in [3.8, 4) is 0 Å². The summed E-state index contributed by atoms with van der Waals surface area (Å²) in [5.41, 5.74) is -2.20. The van der Waals surface area contributed by atoms with Gasteiger partial charge in [-0.15, -0.1) is 0 Å². The van der Waals surface area contributed by atoms with Crippen molar-refractivity contribution in [2.24, 2.45) is 0 Å². The number of nitrogens with zero attached hydrogens (tertiary/aromatic N) is 1. The molecule has 0 amide bonds. The number of halogens is 3. The summed E-state index contributed by atoms with van der Waals surface area (Å²) in [6.07, 6.45) is -2.98. The maximum absolute atomic E-state index is 12.6. The van der Waals surface area contributed by atoms with Gasteiger partial charge >= 0.3 is 12.1 Å². The van der Waals surface area contributed by atoms with Crippen molar-refractivity contribution in [1.82, 2.24) is 4.98 Å². The second-order valence-corrected chi connectivity index (χ2v) is 3.81. The van der Waals surface area contributed by atoms with Gasteiger partial charge in [-0.3, -0.25) is 0 Å². The number of aromatic carboxylic acids is 1. The number of rotatable bonds is 3. The predicted octanol–water partition coefficient (Wildman–Crippen LogP) is 2.37. The molecule has 1 aliphatic rings. The monoisotopic (exact) mass is 246 g/mol. The molecule has 7 heteroatoms. The first-order chi connectivity index (χ1) is 7.88. The van der Waals surface area contributed by atoms with E-state index in [4.69, 9.17) is 5.11 Å². The van der Waals surface area contributed by atoms with E-state index in [9.17, 15) is 18.0 Å². The Labute approximate surface area is 94.5 Å². The third-order valence-electron chi connectivity index (χ3n) is 2.32. The second-order valence-electron chi connectivity index (χ2n) is 3.81. The summed E-state index contributed by atoms with van der Waals surface area (Å²) in [4.78, 5) is 14.0. The number of pyridine rings is 1. The topological polar surface area (TPSA) is 62.2 Å². The highest BCUT2D eigenvalue weighted by Crippen LogP contribution is 2.32. The standard InChI is InChI=1S/C10H9F3N2O2/c11-10(12,13)8-6(9(16)17)3-4-7(15-8)14-5-1-2-5/h3-5H,1-2H2,(H,14,15)(H,16,17). The highest BCUT2D eigenvalue weighted by atomic mass is 19.4. The number of hydrogen-bond acceptors (Lipinski definition) is 3. The van der Waals surface area contributed by atoms with Gasteiger partial charge in [-0.25, -0.2) is 9.78 Å². The van der Waals surface area contributed by atoms with Crippen molar-refractivity contribution in [3.63, 3.8) is 0 Å². The van der Waals surface area contributed by atoms with Crippen LogP contribution >= 0.6 is 0 Å². The Morgan fingerprint density at radius 2 is 2.06 bits per heavy atom. The lowest BCUT2D eigenvalue weighted by atomic mass is 10.2. The molecule has 92 valence electrons. The van der Waals surface area contributed by atoms with Gasteiger partial charge in [0.15, 0.2) is 5.69 Å². The van der Waals surface area contributed by atoms with E-state index in [1.165, 1.54) is 6.07 Å². The SMILES string of the molecule is O=C(O)c1ccc(NC2CC2)nc1C(F)(F)F. The van der Waals surface area contributed by atoms with Gasteiger partial charge in [-0.05, 0) is 25.0 Å². The van der Waals surface area contributed by atoms with Crippen LogP contribution in [0, 0.1) is 0 Å². The van der Waals surface area contributed by atoms with Crippen molar-refractivity contribution in [2.75, 3.05) is 5.32 Å². The summed E-state index contributed by atoms with van der Waals surface area (Å²) < 4.78 is 37.8. The molecule has 0 radical (unpaired) electrons. The minimum atomic E-state index is -4.77. The molecule has 1 aliphatic carbocycles. The molecule has 1 aromatic rings. The van der Waals surface area contributed by atoms with Gasteiger partial charge in [0.25, 0.3) is 0 Å². The zero-order valence-corrected chi connectivity index (χ0v) is 8.58. The highest BCUT2D eigenvalue weighted by Gasteiger charge is 2.38. The molecule has 0 aromatic carbocycles. The quantitative estimate of drug-likeness (QED) is 0.859. The summed E-state index contributed by atoms with van der Waals surface area (Å²) in [5.74, 6) is -1.58. The van der Waals surface area contributed by atoms with Gasteiger partial charge in [0.2, 0.25) is 0 Å². The van der Waals surface area contributed by atoms with E-state index in [1.807, 2.05) is 0 Å². The smallest absolute Gasteiger partial charge is 0.434 e. The Morgan fingerprint density at radius 3 is 2.53 bits per heavy atom. The Balaban J connectivity index is 2.38. The van der Waals surface area contributed by atoms with Crippen molar-refractivity contribution in [1.29, 1.82) is 0 Å². The van der Waals surface area contributed by atoms with Crippen LogP contribution in [0.2, 0.25) is 0 Å². The van der Waals surface area contributed by atoms with Gasteiger partial charge in [0, 0.05) is 6.04 Å². The maximum Gasteiger partial charge on any atom is 0.434 e. The lowest BCUT2D eigenvalue weighted by molar-refractivity contribution is -0.141. The van der Waals surface area contributed by atoms with E-state index in [0.717, 1.165) is 18.9 Å². The summed E-state index contributed by atoms with van der Waals surface area (Å²) in [6.45, 7) is 0. The third kappa shape index (κ3) is 2.66. The Kier molecular flexibility index (Phi) is 2.68. The van der Waals surface area contributed by atoms with Crippen molar-refractivity contribution < 1.29 is 23.1 Å². The molecule has 17 heavy (non-hydrogen) atoms. The van der Waals surface area contributed by atoms with Gasteiger partial charge < -0.3 is 10.4 Å². The van der Waals surface area contributed by atoms with E-state index >= 15 is 0 Å². The fourth-order valence-electron chi connectivity index (χ4n) is 1.37. The van der Waals surface area contributed by atoms with Crippen LogP contribution in [-0.4, -0.2) is 22.1 Å². The van der Waals surface area contributed by atoms with E-state index in [2.05, 4.69) is 10.3 Å². The van der Waals surface area contributed by atoms with Crippen molar-refractivity contribution >= 4 is 11.8 Å². The molecule has 4 nitrogen and oxygen atoms in total. The molecule has 0 atom stereocenters. The Hall–Kier alpha value is -1.79. The molecule has 0 spiro atoms. The largest absolute Gasteiger partial charge is 0.478 e. The first-order valence-electron chi connectivity index (χ1n) is 4.96. The first-order valence-corrected chi connectivity index (χ1v) is 4.96. The van der Waals surface area contributed by atoms with Crippen LogP contribution in [0.15, 0.2) is 12.1 Å². The van der Waals surface area contributed by atoms with Crippen LogP contribution < -0.4 is 5.32 Å². The molecule has 1 fully saturated rings. The summed E-state index contributed by atoms with van der Waals surface area (Å²) in [5, 5.41) is 11.4. The normalized spacial score (nSPS) is 15.7. The molecule has 0 bridgehead atoms. The molecule has 2 rings (SSSR count). The average Bonchev–Trinajstić information content (AvgIpc) is 3.00. The van der Waals surface area contributed by atoms with Crippen LogP contribution in [0.3, 0.4) is 0 Å². The number of alkyl halides is 3. The van der Waals surface area contributed by atoms with Crippen molar-refractivity contribution in [2.45, 2.75) is 25.1 Å². The second kappa shape index (κ2) is 3.90. The van der Waals surface area contributed by atoms with Gasteiger partial charge in [0.05, 0.1) is 5.56 Å². The zero-order chi connectivity index (χ0) is 12.6. The summed E-state index contributed by atoms with van der Waals surface area (Å²) in [6, 6.07) is 2.32. The summed E-state index contributed by atoms with van der Waals surface area (Å²) >= 11 is 0. The van der Waals surface area contributed by atoms with E-state index in [1.54, 1.807) is 0 Å². The lowest BCUT2D eigenvalue weighted by Crippen LogP contribution is -2.17. The predicted molar refractivity (Wildman–Crippen MR) is 52.8 cm³/mol. The van der Waals surface area contributed by atoms with Crippen LogP contribution in [0.5, 0.6) is 0 Å². The fraction of sp³-hybridized carbons (Fsp3) is 0.400. The first kappa shape index (κ1) is 11.7. The average molecular weight is 246 g/mol. The molecule has 1 heterocycles. The number of carbonyl (C=O) groups is 1. The molecule has 0 unspecified atom stereocenters. The zero-order valence-electron chi connectivity index (χ0n) is 8.58. The molecule has 0 aliphatic heterocycles. The molecular weight excluding hydrogens is 237 g/mol. The number of carboxylic acids is 1. The Bertz CT molecular complexity index is 455. The number of nitrogens with one attached hydrogen (secondary N) is 1. The molecule has 0 saturated heterocycles. The lowest BCUT2D eigenvalue weighted by Gasteiger charge is -2.11. The minimum Gasteiger partial charge on any atom is -0.478 e. The van der Waals surface area contributed by atoms with Crippen LogP contribution in [0.25, 0.3) is 0 Å². The van der Waals surface area contributed by atoms with E-state index in [0.29, 0.717) is 0 Å². The van der Waals surface area contributed by atoms with E-state index in [-0.39, 0.29) is 11.9 Å². The third-order valence-corrected chi connectivity index (χ3v) is 2.32. The van der Waals surface area contributed by atoms with Crippen molar-refractivity contribution in [3.05, 3.63) is 23.4 Å².